The third kappa shape index (κ3) is 5.43. The molecule has 0 aliphatic carbocycles. The van der Waals surface area contributed by atoms with Crippen LogP contribution in [0.25, 0.3) is 0 Å². The number of hydrogen-bond acceptors (Lipinski definition) is 2. The molecule has 0 aliphatic heterocycles. The average molecular weight is 263 g/mol. The zero-order valence-electron chi connectivity index (χ0n) is 12.2. The van der Waals surface area contributed by atoms with Crippen LogP contribution < -0.4 is 0 Å². The second-order valence-electron chi connectivity index (χ2n) is 5.37. The van der Waals surface area contributed by atoms with Crippen molar-refractivity contribution in [1.29, 1.82) is 0 Å². The van der Waals surface area contributed by atoms with Crippen molar-refractivity contribution in [3.8, 4) is 0 Å². The van der Waals surface area contributed by atoms with E-state index in [1.54, 1.807) is 0 Å². The first-order valence-electron chi connectivity index (χ1n) is 7.04. The molecule has 0 aliphatic rings. The van der Waals surface area contributed by atoms with Gasteiger partial charge < -0.3 is 5.11 Å². The van der Waals surface area contributed by atoms with E-state index in [1.807, 2.05) is 18.2 Å². The Balaban J connectivity index is 2.81. The molecule has 1 aromatic rings. The van der Waals surface area contributed by atoms with Crippen molar-refractivity contribution in [2.75, 3.05) is 6.54 Å². The summed E-state index contributed by atoms with van der Waals surface area (Å²) in [6, 6.07) is 10.4. The van der Waals surface area contributed by atoms with Crippen LogP contribution in [0.15, 0.2) is 30.3 Å². The maximum absolute atomic E-state index is 11.0. The topological polar surface area (TPSA) is 40.5 Å². The van der Waals surface area contributed by atoms with Gasteiger partial charge in [0.15, 0.2) is 0 Å². The van der Waals surface area contributed by atoms with Crippen molar-refractivity contribution < 1.29 is 9.90 Å². The van der Waals surface area contributed by atoms with Gasteiger partial charge in [-0.1, -0.05) is 51.1 Å². The molecule has 1 N–H and O–H groups in total. The lowest BCUT2D eigenvalue weighted by Crippen LogP contribution is -2.40. The summed E-state index contributed by atoms with van der Waals surface area (Å²) < 4.78 is 0. The number of carboxylic acids is 1. The molecule has 0 fully saturated rings. The zero-order valence-corrected chi connectivity index (χ0v) is 12.2. The molecule has 1 atom stereocenters. The predicted molar refractivity (Wildman–Crippen MR) is 78.0 cm³/mol. The van der Waals surface area contributed by atoms with E-state index in [4.69, 9.17) is 5.11 Å². The van der Waals surface area contributed by atoms with Gasteiger partial charge in [-0.25, -0.2) is 0 Å². The molecule has 0 amide bonds. The predicted octanol–water partition coefficient (Wildman–Crippen LogP) is 3.40. The number of carbonyl (C=O) groups is 1. The fourth-order valence-electron chi connectivity index (χ4n) is 2.43. The molecule has 0 aromatic heterocycles. The Morgan fingerprint density at radius 2 is 1.89 bits per heavy atom. The first-order chi connectivity index (χ1) is 9.04. The fourth-order valence-corrected chi connectivity index (χ4v) is 2.43. The third-order valence-corrected chi connectivity index (χ3v) is 3.36. The molecule has 0 radical (unpaired) electrons. The standard InChI is InChI=1S/C16H25NO2/c1-4-10-17(12-14-8-6-5-7-9-14)15(13(2)3)11-16(18)19/h5-9,13,15H,4,10-12H2,1-3H3,(H,18,19). The van der Waals surface area contributed by atoms with Crippen molar-refractivity contribution in [2.45, 2.75) is 46.2 Å². The summed E-state index contributed by atoms with van der Waals surface area (Å²) in [6.45, 7) is 8.09. The lowest BCUT2D eigenvalue weighted by molar-refractivity contribution is -0.139. The van der Waals surface area contributed by atoms with Crippen molar-refractivity contribution in [3.63, 3.8) is 0 Å². The van der Waals surface area contributed by atoms with Gasteiger partial charge in [0.2, 0.25) is 0 Å². The van der Waals surface area contributed by atoms with Gasteiger partial charge in [0.05, 0.1) is 6.42 Å². The average Bonchev–Trinajstić information content (AvgIpc) is 2.36. The van der Waals surface area contributed by atoms with Crippen molar-refractivity contribution in [1.82, 2.24) is 4.90 Å². The molecule has 1 aromatic carbocycles. The zero-order chi connectivity index (χ0) is 14.3. The number of nitrogens with zero attached hydrogens (tertiary/aromatic N) is 1. The highest BCUT2D eigenvalue weighted by Crippen LogP contribution is 2.18. The quantitative estimate of drug-likeness (QED) is 0.781. The first kappa shape index (κ1) is 15.7. The highest BCUT2D eigenvalue weighted by molar-refractivity contribution is 5.67. The number of carboxylic acid groups (broad SMARTS) is 1. The van der Waals surface area contributed by atoms with Crippen LogP contribution in [-0.2, 0) is 11.3 Å². The highest BCUT2D eigenvalue weighted by Gasteiger charge is 2.23. The SMILES string of the molecule is CCCN(Cc1ccccc1)C(CC(=O)O)C(C)C. The van der Waals surface area contributed by atoms with Crippen LogP contribution in [-0.4, -0.2) is 28.6 Å². The van der Waals surface area contributed by atoms with E-state index in [0.717, 1.165) is 19.5 Å². The number of hydrogen-bond donors (Lipinski definition) is 1. The smallest absolute Gasteiger partial charge is 0.304 e. The molecule has 1 rings (SSSR count). The summed E-state index contributed by atoms with van der Waals surface area (Å²) >= 11 is 0. The van der Waals surface area contributed by atoms with Crippen LogP contribution in [0.2, 0.25) is 0 Å². The fraction of sp³-hybridized carbons (Fsp3) is 0.562. The van der Waals surface area contributed by atoms with E-state index in [1.165, 1.54) is 5.56 Å². The van der Waals surface area contributed by atoms with Crippen LogP contribution in [0.5, 0.6) is 0 Å². The monoisotopic (exact) mass is 263 g/mol. The maximum Gasteiger partial charge on any atom is 0.304 e. The van der Waals surface area contributed by atoms with E-state index in [-0.39, 0.29) is 12.5 Å². The van der Waals surface area contributed by atoms with Gasteiger partial charge in [-0.15, -0.1) is 0 Å². The Labute approximate surface area is 116 Å². The number of rotatable bonds is 8. The lowest BCUT2D eigenvalue weighted by atomic mass is 9.98. The van der Waals surface area contributed by atoms with Crippen molar-refractivity contribution in [3.05, 3.63) is 35.9 Å². The second kappa shape index (κ2) is 7.95. The molecular formula is C16H25NO2. The summed E-state index contributed by atoms with van der Waals surface area (Å²) in [5.41, 5.74) is 1.24. The largest absolute Gasteiger partial charge is 0.481 e. The molecular weight excluding hydrogens is 238 g/mol. The first-order valence-corrected chi connectivity index (χ1v) is 7.04. The number of benzene rings is 1. The van der Waals surface area contributed by atoms with Crippen LogP contribution in [0, 0.1) is 5.92 Å². The van der Waals surface area contributed by atoms with Crippen LogP contribution in [0.1, 0.15) is 39.2 Å². The Morgan fingerprint density at radius 1 is 1.26 bits per heavy atom. The van der Waals surface area contributed by atoms with Gasteiger partial charge in [0, 0.05) is 12.6 Å². The van der Waals surface area contributed by atoms with Gasteiger partial charge >= 0.3 is 5.97 Å². The summed E-state index contributed by atoms with van der Waals surface area (Å²) in [5.74, 6) is -0.376. The summed E-state index contributed by atoms with van der Waals surface area (Å²) in [4.78, 5) is 13.3. The summed E-state index contributed by atoms with van der Waals surface area (Å²) in [6.07, 6.45) is 1.25. The van der Waals surface area contributed by atoms with Gasteiger partial charge in [0.25, 0.3) is 0 Å². The van der Waals surface area contributed by atoms with E-state index >= 15 is 0 Å². The molecule has 0 bridgehead atoms. The van der Waals surface area contributed by atoms with Crippen LogP contribution in [0.3, 0.4) is 0 Å². The van der Waals surface area contributed by atoms with E-state index in [2.05, 4.69) is 37.8 Å². The highest BCUT2D eigenvalue weighted by atomic mass is 16.4. The van der Waals surface area contributed by atoms with E-state index < -0.39 is 5.97 Å². The molecule has 0 saturated carbocycles. The minimum atomic E-state index is -0.715. The molecule has 3 heteroatoms. The van der Waals surface area contributed by atoms with Crippen molar-refractivity contribution >= 4 is 5.97 Å². The van der Waals surface area contributed by atoms with Gasteiger partial charge in [-0.2, -0.15) is 0 Å². The minimum absolute atomic E-state index is 0.0951. The Kier molecular flexibility index (Phi) is 6.57. The Hall–Kier alpha value is -1.35. The van der Waals surface area contributed by atoms with Crippen LogP contribution >= 0.6 is 0 Å². The molecule has 0 saturated heterocycles. The molecule has 106 valence electrons. The molecule has 1 unspecified atom stereocenters. The van der Waals surface area contributed by atoms with Gasteiger partial charge in [-0.3, -0.25) is 9.69 Å². The molecule has 0 heterocycles. The van der Waals surface area contributed by atoms with Gasteiger partial charge in [0.1, 0.15) is 0 Å². The Bertz CT molecular complexity index is 376. The minimum Gasteiger partial charge on any atom is -0.481 e. The summed E-state index contributed by atoms with van der Waals surface area (Å²) in [5, 5.41) is 9.09. The van der Waals surface area contributed by atoms with E-state index in [9.17, 15) is 4.79 Å². The molecule has 3 nitrogen and oxygen atoms in total. The Morgan fingerprint density at radius 3 is 2.37 bits per heavy atom. The van der Waals surface area contributed by atoms with Gasteiger partial charge in [-0.05, 0) is 24.4 Å². The second-order valence-corrected chi connectivity index (χ2v) is 5.37. The molecule has 19 heavy (non-hydrogen) atoms. The van der Waals surface area contributed by atoms with E-state index in [0.29, 0.717) is 5.92 Å². The number of aliphatic carboxylic acids is 1. The molecule has 0 spiro atoms. The normalized spacial score (nSPS) is 12.9. The third-order valence-electron chi connectivity index (χ3n) is 3.36. The summed E-state index contributed by atoms with van der Waals surface area (Å²) in [7, 11) is 0. The lowest BCUT2D eigenvalue weighted by Gasteiger charge is -2.33. The maximum atomic E-state index is 11.0. The van der Waals surface area contributed by atoms with Crippen molar-refractivity contribution in [2.24, 2.45) is 5.92 Å². The van der Waals surface area contributed by atoms with Crippen LogP contribution in [0.4, 0.5) is 0 Å².